The van der Waals surface area contributed by atoms with Gasteiger partial charge < -0.3 is 9.64 Å². The fraction of sp³-hybridized carbons (Fsp3) is 0.400. The van der Waals surface area contributed by atoms with E-state index in [0.717, 1.165) is 35.6 Å². The molecular formula is C20H20FN3OS. The summed E-state index contributed by atoms with van der Waals surface area (Å²) < 4.78 is 19.4. The number of anilines is 1. The first-order valence-electron chi connectivity index (χ1n) is 9.10. The lowest BCUT2D eigenvalue weighted by Gasteiger charge is -2.38. The number of aromatic nitrogens is 2. The molecule has 6 heteroatoms. The van der Waals surface area contributed by atoms with E-state index in [4.69, 9.17) is 4.74 Å². The van der Waals surface area contributed by atoms with E-state index < -0.39 is 0 Å². The van der Waals surface area contributed by atoms with Gasteiger partial charge in [-0.25, -0.2) is 14.4 Å². The van der Waals surface area contributed by atoms with Gasteiger partial charge in [0, 0.05) is 18.0 Å². The number of hydrogen-bond acceptors (Lipinski definition) is 5. The summed E-state index contributed by atoms with van der Waals surface area (Å²) in [5, 5.41) is 1.23. The normalized spacial score (nSPS) is 22.8. The quantitative estimate of drug-likeness (QED) is 0.676. The molecule has 0 amide bonds. The summed E-state index contributed by atoms with van der Waals surface area (Å²) in [6.07, 6.45) is 5.18. The first-order valence-corrected chi connectivity index (χ1v) is 9.92. The number of benzene rings is 1. The number of ether oxygens (including phenoxy) is 1. The van der Waals surface area contributed by atoms with Gasteiger partial charge in [0.15, 0.2) is 0 Å². The lowest BCUT2D eigenvalue weighted by molar-refractivity contribution is -0.0175. The summed E-state index contributed by atoms with van der Waals surface area (Å²) in [7, 11) is 0. The zero-order valence-electron chi connectivity index (χ0n) is 14.6. The number of morpholine rings is 1. The Morgan fingerprint density at radius 2 is 2.00 bits per heavy atom. The zero-order chi connectivity index (χ0) is 17.7. The summed E-state index contributed by atoms with van der Waals surface area (Å²) in [5.41, 5.74) is 2.45. The number of halogens is 1. The van der Waals surface area contributed by atoms with Gasteiger partial charge in [-0.05, 0) is 49.4 Å². The van der Waals surface area contributed by atoms with Crippen LogP contribution in [0.3, 0.4) is 0 Å². The maximum absolute atomic E-state index is 13.3. The van der Waals surface area contributed by atoms with Crippen molar-refractivity contribution in [3.63, 3.8) is 0 Å². The fourth-order valence-corrected chi connectivity index (χ4v) is 5.36. The third kappa shape index (κ3) is 2.68. The van der Waals surface area contributed by atoms with E-state index in [1.807, 2.05) is 23.5 Å². The van der Waals surface area contributed by atoms with E-state index in [2.05, 4.69) is 21.8 Å². The fourth-order valence-electron chi connectivity index (χ4n) is 4.14. The van der Waals surface area contributed by atoms with Crippen molar-refractivity contribution >= 4 is 27.4 Å². The average Bonchev–Trinajstić information content (AvgIpc) is 3.22. The van der Waals surface area contributed by atoms with Crippen LogP contribution in [0.25, 0.3) is 10.2 Å². The molecule has 1 aromatic carbocycles. The van der Waals surface area contributed by atoms with Crippen molar-refractivity contribution < 1.29 is 9.13 Å². The second kappa shape index (κ2) is 6.28. The van der Waals surface area contributed by atoms with E-state index in [-0.39, 0.29) is 18.0 Å². The lowest BCUT2D eigenvalue weighted by atomic mass is 10.1. The van der Waals surface area contributed by atoms with E-state index in [1.165, 1.54) is 34.4 Å². The molecule has 2 aliphatic rings. The van der Waals surface area contributed by atoms with Crippen LogP contribution in [0, 0.1) is 5.82 Å². The molecule has 1 fully saturated rings. The van der Waals surface area contributed by atoms with E-state index in [0.29, 0.717) is 6.54 Å². The second-order valence-electron chi connectivity index (χ2n) is 7.13. The minimum absolute atomic E-state index is 0.0792. The average molecular weight is 369 g/mol. The first kappa shape index (κ1) is 16.1. The molecule has 1 aliphatic carbocycles. The topological polar surface area (TPSA) is 38.2 Å². The van der Waals surface area contributed by atoms with E-state index in [9.17, 15) is 4.39 Å². The smallest absolute Gasteiger partial charge is 0.141 e. The molecule has 0 spiro atoms. The summed E-state index contributed by atoms with van der Waals surface area (Å²) in [4.78, 5) is 14.1. The summed E-state index contributed by atoms with van der Waals surface area (Å²) in [6.45, 7) is 3.60. The van der Waals surface area contributed by atoms with Crippen LogP contribution in [0.2, 0.25) is 0 Å². The number of nitrogens with zero attached hydrogens (tertiary/aromatic N) is 3. The minimum Gasteiger partial charge on any atom is -0.367 e. The molecule has 0 N–H and O–H groups in total. The van der Waals surface area contributed by atoms with Crippen LogP contribution in [0.4, 0.5) is 10.2 Å². The Morgan fingerprint density at radius 1 is 1.15 bits per heavy atom. The predicted molar refractivity (Wildman–Crippen MR) is 101 cm³/mol. The molecule has 1 aliphatic heterocycles. The van der Waals surface area contributed by atoms with Gasteiger partial charge in [0.25, 0.3) is 0 Å². The van der Waals surface area contributed by atoms with Crippen LogP contribution >= 0.6 is 11.3 Å². The molecule has 3 aromatic rings. The molecule has 5 rings (SSSR count). The van der Waals surface area contributed by atoms with Crippen LogP contribution < -0.4 is 4.90 Å². The molecule has 1 saturated heterocycles. The highest BCUT2D eigenvalue weighted by atomic mass is 32.1. The van der Waals surface area contributed by atoms with Crippen molar-refractivity contribution in [3.8, 4) is 0 Å². The Labute approximate surface area is 155 Å². The number of fused-ring (bicyclic) bond motifs is 3. The van der Waals surface area contributed by atoms with Crippen molar-refractivity contribution in [1.82, 2.24) is 9.97 Å². The molecular weight excluding hydrogens is 349 g/mol. The SMILES string of the molecule is CC1CN(c2ncnc3sc4c(c23)CCC4)CC(c2ccc(F)cc2)O1. The molecule has 26 heavy (non-hydrogen) atoms. The van der Waals surface area contributed by atoms with E-state index in [1.54, 1.807) is 6.33 Å². The predicted octanol–water partition coefficient (Wildman–Crippen LogP) is 4.29. The number of thiophene rings is 1. The van der Waals surface area contributed by atoms with Crippen molar-refractivity contribution in [3.05, 3.63) is 52.4 Å². The summed E-state index contributed by atoms with van der Waals surface area (Å²) in [6, 6.07) is 6.62. The van der Waals surface area contributed by atoms with Crippen LogP contribution in [-0.4, -0.2) is 29.2 Å². The van der Waals surface area contributed by atoms with Gasteiger partial charge in [-0.3, -0.25) is 0 Å². The molecule has 2 unspecified atom stereocenters. The van der Waals surface area contributed by atoms with Crippen molar-refractivity contribution in [1.29, 1.82) is 0 Å². The van der Waals surface area contributed by atoms with E-state index >= 15 is 0 Å². The molecule has 134 valence electrons. The Kier molecular flexibility index (Phi) is 3.90. The third-order valence-electron chi connectivity index (χ3n) is 5.28. The monoisotopic (exact) mass is 369 g/mol. The molecule has 3 heterocycles. The molecule has 0 radical (unpaired) electrons. The van der Waals surface area contributed by atoms with Crippen molar-refractivity contribution in [2.75, 3.05) is 18.0 Å². The number of hydrogen-bond donors (Lipinski definition) is 0. The highest BCUT2D eigenvalue weighted by Gasteiger charge is 2.30. The molecule has 2 aromatic heterocycles. The van der Waals surface area contributed by atoms with Gasteiger partial charge in [-0.2, -0.15) is 0 Å². The molecule has 4 nitrogen and oxygen atoms in total. The van der Waals surface area contributed by atoms with Gasteiger partial charge in [0.2, 0.25) is 0 Å². The maximum atomic E-state index is 13.3. The molecule has 0 bridgehead atoms. The van der Waals surface area contributed by atoms with Crippen molar-refractivity contribution in [2.45, 2.75) is 38.4 Å². The number of rotatable bonds is 2. The summed E-state index contributed by atoms with van der Waals surface area (Å²) in [5.74, 6) is 0.803. The Morgan fingerprint density at radius 3 is 2.85 bits per heavy atom. The Balaban J connectivity index is 1.53. The van der Waals surface area contributed by atoms with Crippen LogP contribution in [-0.2, 0) is 17.6 Å². The minimum atomic E-state index is -0.221. The standard InChI is InChI=1S/C20H20FN3OS/c1-12-9-24(10-16(25-12)13-5-7-14(21)8-6-13)19-18-15-3-2-4-17(15)26-20(18)23-11-22-19/h5-8,11-12,16H,2-4,9-10H2,1H3. The van der Waals surface area contributed by atoms with Crippen LogP contribution in [0.5, 0.6) is 0 Å². The van der Waals surface area contributed by atoms with Crippen molar-refractivity contribution in [2.24, 2.45) is 0 Å². The lowest BCUT2D eigenvalue weighted by Crippen LogP contribution is -2.43. The third-order valence-corrected chi connectivity index (χ3v) is 6.48. The first-order chi connectivity index (χ1) is 12.7. The van der Waals surface area contributed by atoms with Crippen LogP contribution in [0.1, 0.15) is 35.5 Å². The second-order valence-corrected chi connectivity index (χ2v) is 8.21. The molecule has 0 saturated carbocycles. The van der Waals surface area contributed by atoms with Gasteiger partial charge in [0.1, 0.15) is 28.9 Å². The number of aryl methyl sites for hydroxylation is 2. The molecule has 2 atom stereocenters. The van der Waals surface area contributed by atoms with Gasteiger partial charge in [-0.1, -0.05) is 12.1 Å². The highest BCUT2D eigenvalue weighted by molar-refractivity contribution is 7.19. The zero-order valence-corrected chi connectivity index (χ0v) is 15.4. The van der Waals surface area contributed by atoms with Crippen LogP contribution in [0.15, 0.2) is 30.6 Å². The Hall–Kier alpha value is -2.05. The Bertz CT molecular complexity index is 956. The van der Waals surface area contributed by atoms with Gasteiger partial charge in [0.05, 0.1) is 11.5 Å². The largest absolute Gasteiger partial charge is 0.367 e. The summed E-state index contributed by atoms with van der Waals surface area (Å²) >= 11 is 1.81. The van der Waals surface area contributed by atoms with Gasteiger partial charge >= 0.3 is 0 Å². The highest BCUT2D eigenvalue weighted by Crippen LogP contribution is 2.41. The maximum Gasteiger partial charge on any atom is 0.141 e. The van der Waals surface area contributed by atoms with Gasteiger partial charge in [-0.15, -0.1) is 11.3 Å².